The molecule has 0 radical (unpaired) electrons. The van der Waals surface area contributed by atoms with Gasteiger partial charge in [-0.25, -0.2) is 16.8 Å². The Balaban J connectivity index is 1.80. The fourth-order valence-corrected chi connectivity index (χ4v) is 7.02. The fourth-order valence-electron chi connectivity index (χ4n) is 3.79. The first-order chi connectivity index (χ1) is 12.8. The summed E-state index contributed by atoms with van der Waals surface area (Å²) < 4.78 is 54.7. The maximum atomic E-state index is 13.2. The molecular weight excluding hydrogens is 386 g/mol. The fraction of sp³-hybridized carbons (Fsp3) is 0.667. The average molecular weight is 416 g/mol. The average Bonchev–Trinajstić information content (AvgIpc) is 3.17. The van der Waals surface area contributed by atoms with Crippen LogP contribution in [0, 0.1) is 6.92 Å². The van der Waals surface area contributed by atoms with E-state index in [2.05, 4.69) is 5.32 Å². The van der Waals surface area contributed by atoms with Crippen LogP contribution in [0.15, 0.2) is 29.2 Å². The molecule has 0 unspecified atom stereocenters. The van der Waals surface area contributed by atoms with Crippen molar-refractivity contribution in [2.75, 3.05) is 38.5 Å². The Morgan fingerprint density at radius 3 is 2.22 bits per heavy atom. The molecular formula is C18H29N3O4S2. The molecule has 1 saturated carbocycles. The third-order valence-corrected chi connectivity index (χ3v) is 9.21. The van der Waals surface area contributed by atoms with Crippen molar-refractivity contribution in [3.63, 3.8) is 0 Å². The molecule has 27 heavy (non-hydrogen) atoms. The molecule has 9 heteroatoms. The molecule has 1 heterocycles. The number of hydrogen-bond donors (Lipinski definition) is 1. The van der Waals surface area contributed by atoms with Gasteiger partial charge in [0, 0.05) is 38.8 Å². The van der Waals surface area contributed by atoms with Crippen LogP contribution in [0.2, 0.25) is 0 Å². The van der Waals surface area contributed by atoms with Crippen molar-refractivity contribution in [3.8, 4) is 0 Å². The van der Waals surface area contributed by atoms with Crippen LogP contribution in [0.1, 0.15) is 31.2 Å². The third kappa shape index (κ3) is 4.89. The minimum Gasteiger partial charge on any atom is -0.314 e. The molecule has 1 aromatic rings. The van der Waals surface area contributed by atoms with E-state index in [9.17, 15) is 16.8 Å². The van der Waals surface area contributed by atoms with Gasteiger partial charge < -0.3 is 5.32 Å². The van der Waals surface area contributed by atoms with Crippen LogP contribution < -0.4 is 5.32 Å². The molecule has 2 fully saturated rings. The lowest BCUT2D eigenvalue weighted by Crippen LogP contribution is -2.49. The Morgan fingerprint density at radius 2 is 1.63 bits per heavy atom. The van der Waals surface area contributed by atoms with E-state index in [1.807, 2.05) is 6.92 Å². The van der Waals surface area contributed by atoms with Gasteiger partial charge in [-0.05, 0) is 31.9 Å². The zero-order valence-corrected chi connectivity index (χ0v) is 17.4. The monoisotopic (exact) mass is 415 g/mol. The van der Waals surface area contributed by atoms with Crippen LogP contribution >= 0.6 is 0 Å². The number of nitrogens with one attached hydrogen (secondary N) is 1. The van der Waals surface area contributed by atoms with Crippen LogP contribution in [-0.4, -0.2) is 70.0 Å². The Labute approximate surface area is 162 Å². The lowest BCUT2D eigenvalue weighted by atomic mass is 10.2. The normalized spacial score (nSPS) is 20.4. The number of sulfonamides is 2. The molecule has 0 amide bonds. The van der Waals surface area contributed by atoms with Gasteiger partial charge >= 0.3 is 0 Å². The molecule has 2 aliphatic rings. The minimum atomic E-state index is -3.72. The zero-order valence-electron chi connectivity index (χ0n) is 15.8. The smallest absolute Gasteiger partial charge is 0.243 e. The molecule has 3 rings (SSSR count). The number of piperazine rings is 1. The Morgan fingerprint density at radius 1 is 1.04 bits per heavy atom. The van der Waals surface area contributed by atoms with Gasteiger partial charge in [-0.1, -0.05) is 30.5 Å². The molecule has 1 aromatic carbocycles. The van der Waals surface area contributed by atoms with Gasteiger partial charge in [0.1, 0.15) is 0 Å². The Hall–Kier alpha value is -1.00. The second kappa shape index (κ2) is 8.57. The molecule has 7 nitrogen and oxygen atoms in total. The molecule has 1 aliphatic heterocycles. The molecule has 1 N–H and O–H groups in total. The van der Waals surface area contributed by atoms with Crippen LogP contribution in [0.5, 0.6) is 0 Å². The highest BCUT2D eigenvalue weighted by Crippen LogP contribution is 2.29. The van der Waals surface area contributed by atoms with Crippen molar-refractivity contribution in [2.45, 2.75) is 43.5 Å². The molecule has 0 bridgehead atoms. The summed E-state index contributed by atoms with van der Waals surface area (Å²) in [5, 5.41) is 3.13. The first-order valence-corrected chi connectivity index (χ1v) is 12.6. The maximum absolute atomic E-state index is 13.2. The quantitative estimate of drug-likeness (QED) is 0.722. The van der Waals surface area contributed by atoms with E-state index < -0.39 is 20.0 Å². The minimum absolute atomic E-state index is 0.00708. The van der Waals surface area contributed by atoms with Gasteiger partial charge in [-0.15, -0.1) is 0 Å². The first-order valence-electron chi connectivity index (χ1n) is 9.58. The summed E-state index contributed by atoms with van der Waals surface area (Å²) in [5.74, 6) is -0.172. The van der Waals surface area contributed by atoms with Crippen molar-refractivity contribution >= 4 is 20.0 Å². The largest absolute Gasteiger partial charge is 0.314 e. The standard InChI is InChI=1S/C18H29N3O4S2/c1-16-6-8-18(9-7-16)27(24,25)21(17-4-2-3-5-17)14-15-26(22,23)20-12-10-19-11-13-20/h6-9,17,19H,2-5,10-15H2,1H3. The van der Waals surface area contributed by atoms with Gasteiger partial charge in [0.05, 0.1) is 10.6 Å². The molecule has 1 aliphatic carbocycles. The SMILES string of the molecule is Cc1ccc(S(=O)(=O)N(CCS(=O)(=O)N2CCNCC2)C2CCCC2)cc1. The summed E-state index contributed by atoms with van der Waals surface area (Å²) in [4.78, 5) is 0.236. The van der Waals surface area contributed by atoms with Gasteiger partial charge in [0.25, 0.3) is 0 Å². The molecule has 1 saturated heterocycles. The van der Waals surface area contributed by atoms with Crippen LogP contribution in [0.25, 0.3) is 0 Å². The molecule has 0 spiro atoms. The van der Waals surface area contributed by atoms with Crippen LogP contribution in [0.3, 0.4) is 0 Å². The lowest BCUT2D eigenvalue weighted by molar-refractivity contribution is 0.327. The topological polar surface area (TPSA) is 86.8 Å². The predicted molar refractivity (Wildman–Crippen MR) is 106 cm³/mol. The first kappa shape index (κ1) is 20.7. The summed E-state index contributed by atoms with van der Waals surface area (Å²) >= 11 is 0. The lowest BCUT2D eigenvalue weighted by Gasteiger charge is -2.30. The molecule has 0 atom stereocenters. The van der Waals surface area contributed by atoms with Gasteiger partial charge in [-0.2, -0.15) is 8.61 Å². The Kier molecular flexibility index (Phi) is 6.58. The van der Waals surface area contributed by atoms with Crippen molar-refractivity contribution in [1.29, 1.82) is 0 Å². The highest BCUT2D eigenvalue weighted by molar-refractivity contribution is 7.90. The second-order valence-corrected chi connectivity index (χ2v) is 11.3. The summed E-state index contributed by atoms with van der Waals surface area (Å²) in [7, 11) is -7.19. The van der Waals surface area contributed by atoms with Crippen LogP contribution in [-0.2, 0) is 20.0 Å². The van der Waals surface area contributed by atoms with E-state index in [4.69, 9.17) is 0 Å². The highest BCUT2D eigenvalue weighted by Gasteiger charge is 2.35. The van der Waals surface area contributed by atoms with Crippen molar-refractivity contribution in [1.82, 2.24) is 13.9 Å². The van der Waals surface area contributed by atoms with E-state index >= 15 is 0 Å². The van der Waals surface area contributed by atoms with Gasteiger partial charge in [0.15, 0.2) is 0 Å². The number of benzene rings is 1. The maximum Gasteiger partial charge on any atom is 0.243 e. The van der Waals surface area contributed by atoms with Crippen molar-refractivity contribution in [2.24, 2.45) is 0 Å². The summed E-state index contributed by atoms with van der Waals surface area (Å²) in [5.41, 5.74) is 0.989. The van der Waals surface area contributed by atoms with Crippen molar-refractivity contribution in [3.05, 3.63) is 29.8 Å². The van der Waals surface area contributed by atoms with Crippen molar-refractivity contribution < 1.29 is 16.8 Å². The molecule has 0 aromatic heterocycles. The summed E-state index contributed by atoms with van der Waals surface area (Å²) in [6, 6.07) is 6.65. The van der Waals surface area contributed by atoms with Crippen LogP contribution in [0.4, 0.5) is 0 Å². The number of nitrogens with zero attached hydrogens (tertiary/aromatic N) is 2. The predicted octanol–water partition coefficient (Wildman–Crippen LogP) is 1.16. The van der Waals surface area contributed by atoms with E-state index in [0.717, 1.165) is 31.2 Å². The number of hydrogen-bond acceptors (Lipinski definition) is 5. The van der Waals surface area contributed by atoms with E-state index in [1.165, 1.54) is 8.61 Å². The summed E-state index contributed by atoms with van der Waals surface area (Å²) in [6.07, 6.45) is 3.54. The highest BCUT2D eigenvalue weighted by atomic mass is 32.2. The number of rotatable bonds is 7. The van der Waals surface area contributed by atoms with E-state index in [-0.39, 0.29) is 23.2 Å². The molecule has 152 valence electrons. The Bertz CT molecular complexity index is 826. The summed E-state index contributed by atoms with van der Waals surface area (Å²) in [6.45, 7) is 4.06. The second-order valence-electron chi connectivity index (χ2n) is 7.33. The third-order valence-electron chi connectivity index (χ3n) is 5.40. The van der Waals surface area contributed by atoms with Gasteiger partial charge in [-0.3, -0.25) is 0 Å². The zero-order chi connectivity index (χ0) is 19.5. The van der Waals surface area contributed by atoms with Gasteiger partial charge in [0.2, 0.25) is 20.0 Å². The number of aryl methyl sites for hydroxylation is 1. The van der Waals surface area contributed by atoms with E-state index in [0.29, 0.717) is 26.2 Å². The van der Waals surface area contributed by atoms with E-state index in [1.54, 1.807) is 24.3 Å².